The molecule has 0 saturated heterocycles. The first kappa shape index (κ1) is 10.4. The van der Waals surface area contributed by atoms with Crippen LogP contribution in [0.25, 0.3) is 10.9 Å². The van der Waals surface area contributed by atoms with E-state index in [2.05, 4.69) is 35.4 Å². The third-order valence-corrected chi connectivity index (χ3v) is 3.38. The second-order valence-electron chi connectivity index (χ2n) is 4.13. The van der Waals surface area contributed by atoms with Crippen LogP contribution < -0.4 is 0 Å². The van der Waals surface area contributed by atoms with Gasteiger partial charge in [-0.05, 0) is 23.3 Å². The predicted molar refractivity (Wildman–Crippen MR) is 72.6 cm³/mol. The number of hydrogen-bond acceptors (Lipinski definition) is 0. The van der Waals surface area contributed by atoms with Crippen molar-refractivity contribution in [3.8, 4) is 0 Å². The molecule has 0 bridgehead atoms. The van der Waals surface area contributed by atoms with Crippen LogP contribution in [0.5, 0.6) is 0 Å². The van der Waals surface area contributed by atoms with Gasteiger partial charge in [0.25, 0.3) is 0 Å². The summed E-state index contributed by atoms with van der Waals surface area (Å²) in [7, 11) is 0. The Morgan fingerprint density at radius 1 is 0.882 bits per heavy atom. The maximum atomic E-state index is 6.18. The highest BCUT2D eigenvalue weighted by Crippen LogP contribution is 2.24. The van der Waals surface area contributed by atoms with Crippen molar-refractivity contribution in [2.24, 2.45) is 0 Å². The maximum Gasteiger partial charge on any atom is 0.0456 e. The molecule has 2 heteroatoms. The van der Waals surface area contributed by atoms with E-state index in [4.69, 9.17) is 11.6 Å². The van der Waals surface area contributed by atoms with Crippen molar-refractivity contribution in [3.63, 3.8) is 0 Å². The molecule has 0 amide bonds. The van der Waals surface area contributed by atoms with Crippen molar-refractivity contribution < 1.29 is 0 Å². The number of aromatic nitrogens is 1. The maximum absolute atomic E-state index is 6.18. The molecular weight excluding hydrogens is 230 g/mol. The van der Waals surface area contributed by atoms with Crippen LogP contribution in [0.2, 0.25) is 5.02 Å². The highest BCUT2D eigenvalue weighted by atomic mass is 35.5. The molecular formula is C15H12ClN. The Morgan fingerprint density at radius 2 is 1.65 bits per heavy atom. The monoisotopic (exact) mass is 241 g/mol. The van der Waals surface area contributed by atoms with Crippen LogP contribution in [0, 0.1) is 0 Å². The van der Waals surface area contributed by atoms with Crippen LogP contribution in [-0.2, 0) is 6.42 Å². The minimum Gasteiger partial charge on any atom is -0.361 e. The molecule has 3 rings (SSSR count). The van der Waals surface area contributed by atoms with Gasteiger partial charge in [0.15, 0.2) is 0 Å². The number of hydrogen-bond donors (Lipinski definition) is 1. The lowest BCUT2D eigenvalue weighted by molar-refractivity contribution is 1.21. The highest BCUT2D eigenvalue weighted by Gasteiger charge is 2.05. The SMILES string of the molecule is Clc1ccccc1Cc1c[nH]c2ccccc12. The van der Waals surface area contributed by atoms with Gasteiger partial charge in [-0.25, -0.2) is 0 Å². The Kier molecular flexibility index (Phi) is 2.62. The molecule has 3 aromatic rings. The molecule has 0 fully saturated rings. The Bertz CT molecular complexity index is 655. The summed E-state index contributed by atoms with van der Waals surface area (Å²) in [5, 5.41) is 2.10. The molecule has 1 aromatic heterocycles. The zero-order valence-corrected chi connectivity index (χ0v) is 10.0. The third kappa shape index (κ3) is 1.94. The second kappa shape index (κ2) is 4.27. The van der Waals surface area contributed by atoms with E-state index in [1.807, 2.05) is 24.3 Å². The number of fused-ring (bicyclic) bond motifs is 1. The Labute approximate surface area is 105 Å². The van der Waals surface area contributed by atoms with Crippen molar-refractivity contribution in [3.05, 3.63) is 70.9 Å². The van der Waals surface area contributed by atoms with Gasteiger partial charge in [0, 0.05) is 28.5 Å². The van der Waals surface area contributed by atoms with E-state index in [-0.39, 0.29) is 0 Å². The molecule has 2 aromatic carbocycles. The third-order valence-electron chi connectivity index (χ3n) is 3.01. The molecule has 0 radical (unpaired) electrons. The van der Waals surface area contributed by atoms with Gasteiger partial charge < -0.3 is 4.98 Å². The van der Waals surface area contributed by atoms with Gasteiger partial charge in [0.05, 0.1) is 0 Å². The van der Waals surface area contributed by atoms with Crippen LogP contribution in [0.4, 0.5) is 0 Å². The molecule has 0 spiro atoms. The van der Waals surface area contributed by atoms with Crippen LogP contribution in [0.3, 0.4) is 0 Å². The van der Waals surface area contributed by atoms with Gasteiger partial charge in [0.2, 0.25) is 0 Å². The van der Waals surface area contributed by atoms with E-state index in [1.54, 1.807) is 0 Å². The van der Waals surface area contributed by atoms with Gasteiger partial charge in [-0.3, -0.25) is 0 Å². The van der Waals surface area contributed by atoms with E-state index >= 15 is 0 Å². The Hall–Kier alpha value is -1.73. The lowest BCUT2D eigenvalue weighted by Crippen LogP contribution is -1.87. The van der Waals surface area contributed by atoms with E-state index in [0.717, 1.165) is 11.4 Å². The largest absolute Gasteiger partial charge is 0.361 e. The van der Waals surface area contributed by atoms with Gasteiger partial charge in [-0.2, -0.15) is 0 Å². The smallest absolute Gasteiger partial charge is 0.0456 e. The first-order valence-electron chi connectivity index (χ1n) is 5.63. The molecule has 0 aliphatic rings. The molecule has 0 aliphatic carbocycles. The summed E-state index contributed by atoms with van der Waals surface area (Å²) in [6, 6.07) is 16.3. The van der Waals surface area contributed by atoms with E-state index in [1.165, 1.54) is 22.0 Å². The summed E-state index contributed by atoms with van der Waals surface area (Å²) in [5.41, 5.74) is 3.63. The number of rotatable bonds is 2. The molecule has 0 unspecified atom stereocenters. The molecule has 0 saturated carbocycles. The number of halogens is 1. The second-order valence-corrected chi connectivity index (χ2v) is 4.53. The van der Waals surface area contributed by atoms with Crippen molar-refractivity contribution in [1.29, 1.82) is 0 Å². The first-order valence-corrected chi connectivity index (χ1v) is 6.01. The molecule has 84 valence electrons. The fraction of sp³-hybridized carbons (Fsp3) is 0.0667. The lowest BCUT2D eigenvalue weighted by atomic mass is 10.0. The summed E-state index contributed by atoms with van der Waals surface area (Å²) < 4.78 is 0. The predicted octanol–water partition coefficient (Wildman–Crippen LogP) is 4.41. The standard InChI is InChI=1S/C15H12ClN/c16-14-7-3-1-5-11(14)9-12-10-17-15-8-4-2-6-13(12)15/h1-8,10,17H,9H2. The minimum absolute atomic E-state index is 0.831. The fourth-order valence-electron chi connectivity index (χ4n) is 2.12. The quantitative estimate of drug-likeness (QED) is 0.684. The van der Waals surface area contributed by atoms with Crippen LogP contribution >= 0.6 is 11.6 Å². The average Bonchev–Trinajstić information content (AvgIpc) is 2.76. The zero-order chi connectivity index (χ0) is 11.7. The fourth-order valence-corrected chi connectivity index (χ4v) is 2.33. The van der Waals surface area contributed by atoms with Crippen LogP contribution in [0.15, 0.2) is 54.7 Å². The summed E-state index contributed by atoms with van der Waals surface area (Å²) in [4.78, 5) is 3.28. The van der Waals surface area contributed by atoms with Crippen molar-refractivity contribution >= 4 is 22.5 Å². The summed E-state index contributed by atoms with van der Waals surface area (Å²) in [5.74, 6) is 0. The van der Waals surface area contributed by atoms with E-state index < -0.39 is 0 Å². The van der Waals surface area contributed by atoms with Crippen LogP contribution in [-0.4, -0.2) is 4.98 Å². The summed E-state index contributed by atoms with van der Waals surface area (Å²) >= 11 is 6.18. The zero-order valence-electron chi connectivity index (χ0n) is 9.28. The van der Waals surface area contributed by atoms with Gasteiger partial charge in [-0.15, -0.1) is 0 Å². The molecule has 0 aliphatic heterocycles. The normalized spacial score (nSPS) is 10.9. The van der Waals surface area contributed by atoms with E-state index in [0.29, 0.717) is 0 Å². The number of aromatic amines is 1. The van der Waals surface area contributed by atoms with Crippen molar-refractivity contribution in [2.75, 3.05) is 0 Å². The first-order chi connectivity index (χ1) is 8.34. The minimum atomic E-state index is 0.831. The molecule has 0 atom stereocenters. The van der Waals surface area contributed by atoms with E-state index in [9.17, 15) is 0 Å². The van der Waals surface area contributed by atoms with Gasteiger partial charge in [-0.1, -0.05) is 48.0 Å². The summed E-state index contributed by atoms with van der Waals surface area (Å²) in [6.07, 6.45) is 2.93. The highest BCUT2D eigenvalue weighted by molar-refractivity contribution is 6.31. The van der Waals surface area contributed by atoms with Crippen LogP contribution in [0.1, 0.15) is 11.1 Å². The molecule has 17 heavy (non-hydrogen) atoms. The number of para-hydroxylation sites is 1. The number of nitrogens with one attached hydrogen (secondary N) is 1. The lowest BCUT2D eigenvalue weighted by Gasteiger charge is -2.02. The number of H-pyrrole nitrogens is 1. The Morgan fingerprint density at radius 3 is 2.53 bits per heavy atom. The molecule has 1 N–H and O–H groups in total. The van der Waals surface area contributed by atoms with Crippen molar-refractivity contribution in [2.45, 2.75) is 6.42 Å². The summed E-state index contributed by atoms with van der Waals surface area (Å²) in [6.45, 7) is 0. The van der Waals surface area contributed by atoms with Gasteiger partial charge >= 0.3 is 0 Å². The Balaban J connectivity index is 2.03. The molecule has 1 nitrogen and oxygen atoms in total. The topological polar surface area (TPSA) is 15.8 Å². The van der Waals surface area contributed by atoms with Gasteiger partial charge in [0.1, 0.15) is 0 Å². The molecule has 1 heterocycles. The van der Waals surface area contributed by atoms with Crippen molar-refractivity contribution in [1.82, 2.24) is 4.98 Å². The number of benzene rings is 2. The average molecular weight is 242 g/mol.